The van der Waals surface area contributed by atoms with Crippen LogP contribution in [0.5, 0.6) is 0 Å². The molecule has 2 fully saturated rings. The van der Waals surface area contributed by atoms with E-state index >= 15 is 0 Å². The first-order valence-corrected chi connectivity index (χ1v) is 12.6. The summed E-state index contributed by atoms with van der Waals surface area (Å²) in [5.41, 5.74) is 0.742. The smallest absolute Gasteiger partial charge is 0.411 e. The van der Waals surface area contributed by atoms with Gasteiger partial charge in [-0.3, -0.25) is 9.69 Å². The Hall–Kier alpha value is -2.37. The Labute approximate surface area is 200 Å². The summed E-state index contributed by atoms with van der Waals surface area (Å²) in [5.74, 6) is -0.110. The molecule has 1 aromatic rings. The molecule has 33 heavy (non-hydrogen) atoms. The van der Waals surface area contributed by atoms with Gasteiger partial charge in [0, 0.05) is 35.3 Å². The largest absolute Gasteiger partial charge is 0.444 e. The Morgan fingerprint density at radius 2 is 2.12 bits per heavy atom. The number of likely N-dealkylation sites (tertiary alicyclic amines) is 1. The molecule has 8 heteroatoms. The molecule has 1 N–H and O–H groups in total. The summed E-state index contributed by atoms with van der Waals surface area (Å²) in [6.45, 7) is 7.50. The maximum absolute atomic E-state index is 13.2. The Morgan fingerprint density at radius 1 is 1.33 bits per heavy atom. The number of nitriles is 1. The average molecular weight is 471 g/mol. The number of fused-ring (bicyclic) bond motifs is 2. The Balaban J connectivity index is 1.40. The number of hydrogen-bond donors (Lipinski definition) is 1. The van der Waals surface area contributed by atoms with Crippen molar-refractivity contribution in [2.75, 3.05) is 20.1 Å². The average Bonchev–Trinajstić information content (AvgIpc) is 3.48. The zero-order valence-corrected chi connectivity index (χ0v) is 20.8. The lowest BCUT2D eigenvalue weighted by Crippen LogP contribution is -2.55. The van der Waals surface area contributed by atoms with E-state index in [0.29, 0.717) is 6.42 Å². The van der Waals surface area contributed by atoms with Gasteiger partial charge < -0.3 is 15.0 Å². The normalized spacial score (nSPS) is 26.0. The molecule has 0 aromatic carbocycles. The minimum absolute atomic E-state index is 0.0452. The monoisotopic (exact) mass is 470 g/mol. The molecule has 7 nitrogen and oxygen atoms in total. The minimum Gasteiger partial charge on any atom is -0.444 e. The Bertz CT molecular complexity index is 973. The van der Waals surface area contributed by atoms with Gasteiger partial charge in [0.25, 0.3) is 0 Å². The van der Waals surface area contributed by atoms with Crippen LogP contribution in [0.3, 0.4) is 0 Å². The molecule has 0 spiro atoms. The summed E-state index contributed by atoms with van der Waals surface area (Å²) in [6.07, 6.45) is 5.98. The molecule has 4 rings (SSSR count). The van der Waals surface area contributed by atoms with E-state index in [1.54, 1.807) is 16.2 Å². The number of hydrogen-bond acceptors (Lipinski definition) is 6. The number of carbonyl (C=O) groups is 2. The standard InChI is InChI=1S/C25H34N4O3S/c1-25(2,3)32-24(31)29-19-6-5-17(13-19)22(29)23(30)27-18(15-26)14-20-7-8-21(33-20)16-9-11-28(4)12-10-16/h7-9,17-19,22H,5-6,10-14H2,1-4H3,(H,27,30). The molecule has 3 heterocycles. The first kappa shape index (κ1) is 23.8. The van der Waals surface area contributed by atoms with Crippen molar-refractivity contribution in [2.45, 2.75) is 76.6 Å². The number of rotatable bonds is 5. The summed E-state index contributed by atoms with van der Waals surface area (Å²) in [5, 5.41) is 12.7. The molecule has 4 atom stereocenters. The second kappa shape index (κ2) is 9.47. The van der Waals surface area contributed by atoms with Gasteiger partial charge in [-0.2, -0.15) is 5.26 Å². The summed E-state index contributed by atoms with van der Waals surface area (Å²) < 4.78 is 5.58. The summed E-state index contributed by atoms with van der Waals surface area (Å²) in [7, 11) is 2.12. The van der Waals surface area contributed by atoms with E-state index in [2.05, 4.69) is 41.5 Å². The molecule has 2 bridgehead atoms. The first-order chi connectivity index (χ1) is 15.6. The predicted molar refractivity (Wildman–Crippen MR) is 129 cm³/mol. The fraction of sp³-hybridized carbons (Fsp3) is 0.640. The third-order valence-electron chi connectivity index (χ3n) is 6.73. The van der Waals surface area contributed by atoms with Gasteiger partial charge in [-0.1, -0.05) is 6.08 Å². The lowest BCUT2D eigenvalue weighted by molar-refractivity contribution is -0.128. The third-order valence-corrected chi connectivity index (χ3v) is 7.91. The number of likely N-dealkylation sites (N-methyl/N-ethyl adjacent to an activating group) is 1. The number of ether oxygens (including phenoxy) is 1. The van der Waals surface area contributed by atoms with Gasteiger partial charge in [-0.25, -0.2) is 4.79 Å². The zero-order chi connectivity index (χ0) is 23.8. The van der Waals surface area contributed by atoms with Gasteiger partial charge in [-0.05, 0) is 77.1 Å². The van der Waals surface area contributed by atoms with Gasteiger partial charge in [0.2, 0.25) is 5.91 Å². The maximum Gasteiger partial charge on any atom is 0.411 e. The van der Waals surface area contributed by atoms with Gasteiger partial charge in [0.05, 0.1) is 6.07 Å². The van der Waals surface area contributed by atoms with Gasteiger partial charge in [0.1, 0.15) is 17.7 Å². The Kier molecular flexibility index (Phi) is 6.83. The highest BCUT2D eigenvalue weighted by atomic mass is 32.1. The van der Waals surface area contributed by atoms with E-state index in [-0.39, 0.29) is 17.9 Å². The molecule has 0 radical (unpaired) electrons. The first-order valence-electron chi connectivity index (χ1n) is 11.8. The van der Waals surface area contributed by atoms with Crippen molar-refractivity contribution in [2.24, 2.45) is 5.92 Å². The van der Waals surface area contributed by atoms with Crippen LogP contribution in [0.25, 0.3) is 5.57 Å². The fourth-order valence-electron chi connectivity index (χ4n) is 5.14. The zero-order valence-electron chi connectivity index (χ0n) is 20.0. The highest BCUT2D eigenvalue weighted by molar-refractivity contribution is 7.13. The van der Waals surface area contributed by atoms with E-state index in [1.807, 2.05) is 20.8 Å². The lowest BCUT2D eigenvalue weighted by Gasteiger charge is -2.35. The lowest BCUT2D eigenvalue weighted by atomic mass is 9.97. The van der Waals surface area contributed by atoms with Gasteiger partial charge >= 0.3 is 6.09 Å². The molecule has 2 amide bonds. The number of nitrogens with zero attached hydrogens (tertiary/aromatic N) is 3. The second-order valence-corrected chi connectivity index (χ2v) is 11.6. The van der Waals surface area contributed by atoms with Crippen LogP contribution >= 0.6 is 11.3 Å². The molecule has 1 saturated heterocycles. The summed E-state index contributed by atoms with van der Waals surface area (Å²) in [4.78, 5) is 32.3. The number of carbonyl (C=O) groups excluding carboxylic acids is 2. The SMILES string of the molecule is CN1CC=C(c2ccc(CC(C#N)NC(=O)C3C4CCC(C4)N3C(=O)OC(C)(C)C)s2)CC1. The molecule has 3 aliphatic rings. The highest BCUT2D eigenvalue weighted by Crippen LogP contribution is 2.43. The van der Waals surface area contributed by atoms with Crippen molar-refractivity contribution in [3.05, 3.63) is 28.0 Å². The van der Waals surface area contributed by atoms with Crippen LogP contribution in [-0.2, 0) is 16.0 Å². The molecule has 1 aromatic heterocycles. The van der Waals surface area contributed by atoms with Crippen LogP contribution in [0.2, 0.25) is 0 Å². The Morgan fingerprint density at radius 3 is 2.79 bits per heavy atom. The molecular formula is C25H34N4O3S. The molecule has 4 unspecified atom stereocenters. The van der Waals surface area contributed by atoms with Crippen LogP contribution < -0.4 is 5.32 Å². The quantitative estimate of drug-likeness (QED) is 0.707. The molecular weight excluding hydrogens is 436 g/mol. The molecule has 1 saturated carbocycles. The second-order valence-electron chi connectivity index (χ2n) is 10.5. The van der Waals surface area contributed by atoms with Gasteiger partial charge in [-0.15, -0.1) is 11.3 Å². The maximum atomic E-state index is 13.2. The molecule has 1 aliphatic carbocycles. The van der Waals surface area contributed by atoms with Crippen molar-refractivity contribution >= 4 is 28.9 Å². The number of nitrogens with one attached hydrogen (secondary N) is 1. The fourth-order valence-corrected chi connectivity index (χ4v) is 6.27. The molecule has 2 aliphatic heterocycles. The minimum atomic E-state index is -0.630. The van der Waals surface area contributed by atoms with Gasteiger partial charge in [0.15, 0.2) is 0 Å². The third kappa shape index (κ3) is 5.42. The van der Waals surface area contributed by atoms with E-state index in [4.69, 9.17) is 4.74 Å². The predicted octanol–water partition coefficient (Wildman–Crippen LogP) is 3.81. The van der Waals surface area contributed by atoms with Crippen molar-refractivity contribution in [3.63, 3.8) is 0 Å². The van der Waals surface area contributed by atoms with Crippen LogP contribution in [0, 0.1) is 17.2 Å². The van der Waals surface area contributed by atoms with E-state index in [9.17, 15) is 14.9 Å². The van der Waals surface area contributed by atoms with E-state index < -0.39 is 23.8 Å². The topological polar surface area (TPSA) is 85.7 Å². The van der Waals surface area contributed by atoms with Crippen molar-refractivity contribution < 1.29 is 14.3 Å². The van der Waals surface area contributed by atoms with Crippen LogP contribution in [0.15, 0.2) is 18.2 Å². The highest BCUT2D eigenvalue weighted by Gasteiger charge is 2.52. The number of piperidine rings is 1. The molecule has 178 valence electrons. The van der Waals surface area contributed by atoms with E-state index in [1.165, 1.54) is 10.5 Å². The van der Waals surface area contributed by atoms with Crippen LogP contribution in [0.4, 0.5) is 4.79 Å². The van der Waals surface area contributed by atoms with Crippen molar-refractivity contribution in [1.82, 2.24) is 15.1 Å². The van der Waals surface area contributed by atoms with Crippen LogP contribution in [-0.4, -0.2) is 65.7 Å². The van der Waals surface area contributed by atoms with Crippen molar-refractivity contribution in [3.8, 4) is 6.07 Å². The van der Waals surface area contributed by atoms with E-state index in [0.717, 1.165) is 43.6 Å². The summed E-state index contributed by atoms with van der Waals surface area (Å²) in [6, 6.07) is 5.28. The number of amides is 2. The summed E-state index contributed by atoms with van der Waals surface area (Å²) >= 11 is 1.69. The van der Waals surface area contributed by atoms with Crippen molar-refractivity contribution in [1.29, 1.82) is 5.26 Å². The van der Waals surface area contributed by atoms with Crippen LogP contribution in [0.1, 0.15) is 56.2 Å². The number of thiophene rings is 1.